The molecule has 0 bridgehead atoms. The van der Waals surface area contributed by atoms with Gasteiger partial charge in [0.05, 0.1) is 0 Å². The van der Waals surface area contributed by atoms with E-state index in [1.165, 1.54) is 5.56 Å². The molecule has 0 fully saturated rings. The smallest absolute Gasteiger partial charge is 0.128 e. The van der Waals surface area contributed by atoms with Crippen molar-refractivity contribution in [3.05, 3.63) is 29.1 Å². The van der Waals surface area contributed by atoms with Crippen LogP contribution in [-0.4, -0.2) is 5.54 Å². The number of nitrogens with one attached hydrogen (secondary N) is 1. The third kappa shape index (κ3) is 1.73. The number of hydrogen-bond acceptors (Lipinski definition) is 1. The average molecular weight is 207 g/mol. The number of rotatable bonds is 0. The number of hydrogen-bond donors (Lipinski definition) is 1. The molecule has 1 N–H and O–H groups in total. The lowest BCUT2D eigenvalue weighted by molar-refractivity contribution is 0.452. The minimum Gasteiger partial charge on any atom is -0.380 e. The molecule has 1 aliphatic rings. The van der Waals surface area contributed by atoms with Crippen LogP contribution < -0.4 is 5.32 Å². The SMILES string of the molecule is Cc1c(F)ccc2c1NC(C)(C)CC2C. The second-order valence-corrected chi connectivity index (χ2v) is 5.25. The first-order valence-electron chi connectivity index (χ1n) is 5.48. The molecule has 0 aromatic heterocycles. The lowest BCUT2D eigenvalue weighted by atomic mass is 9.81. The Balaban J connectivity index is 2.56. The zero-order valence-corrected chi connectivity index (χ0v) is 9.82. The molecule has 1 aromatic carbocycles. The highest BCUT2D eigenvalue weighted by molar-refractivity contribution is 5.62. The van der Waals surface area contributed by atoms with Crippen molar-refractivity contribution in [1.29, 1.82) is 0 Å². The third-order valence-corrected chi connectivity index (χ3v) is 3.24. The van der Waals surface area contributed by atoms with Crippen LogP contribution in [-0.2, 0) is 0 Å². The molecule has 0 saturated carbocycles. The van der Waals surface area contributed by atoms with Gasteiger partial charge in [0.2, 0.25) is 0 Å². The van der Waals surface area contributed by atoms with Gasteiger partial charge in [-0.1, -0.05) is 13.0 Å². The van der Waals surface area contributed by atoms with Crippen LogP contribution in [0.2, 0.25) is 0 Å². The molecule has 1 nitrogen and oxygen atoms in total. The van der Waals surface area contributed by atoms with Gasteiger partial charge >= 0.3 is 0 Å². The van der Waals surface area contributed by atoms with Gasteiger partial charge < -0.3 is 5.32 Å². The molecule has 2 rings (SSSR count). The second-order valence-electron chi connectivity index (χ2n) is 5.25. The van der Waals surface area contributed by atoms with E-state index in [-0.39, 0.29) is 11.4 Å². The van der Waals surface area contributed by atoms with Gasteiger partial charge in [-0.2, -0.15) is 0 Å². The number of fused-ring (bicyclic) bond motifs is 1. The summed E-state index contributed by atoms with van der Waals surface area (Å²) in [5.74, 6) is 0.377. The monoisotopic (exact) mass is 207 g/mol. The normalized spacial score (nSPS) is 23.1. The maximum absolute atomic E-state index is 13.4. The minimum atomic E-state index is -0.119. The summed E-state index contributed by atoms with van der Waals surface area (Å²) < 4.78 is 13.4. The Morgan fingerprint density at radius 3 is 2.73 bits per heavy atom. The van der Waals surface area contributed by atoms with E-state index in [0.717, 1.165) is 17.7 Å². The lowest BCUT2D eigenvalue weighted by Gasteiger charge is -2.38. The van der Waals surface area contributed by atoms with Crippen molar-refractivity contribution >= 4 is 5.69 Å². The Morgan fingerprint density at radius 1 is 1.40 bits per heavy atom. The predicted molar refractivity (Wildman–Crippen MR) is 61.9 cm³/mol. The van der Waals surface area contributed by atoms with Crippen LogP contribution in [0.15, 0.2) is 12.1 Å². The van der Waals surface area contributed by atoms with Gasteiger partial charge in [-0.15, -0.1) is 0 Å². The molecule has 0 spiro atoms. The zero-order chi connectivity index (χ0) is 11.2. The maximum atomic E-state index is 13.4. The Kier molecular flexibility index (Phi) is 2.25. The average Bonchev–Trinajstić information content (AvgIpc) is 2.10. The largest absolute Gasteiger partial charge is 0.380 e. The van der Waals surface area contributed by atoms with E-state index in [1.807, 2.05) is 13.0 Å². The summed E-state index contributed by atoms with van der Waals surface area (Å²) in [5.41, 5.74) is 3.05. The Labute approximate surface area is 90.7 Å². The quantitative estimate of drug-likeness (QED) is 0.681. The summed E-state index contributed by atoms with van der Waals surface area (Å²) >= 11 is 0. The first-order valence-corrected chi connectivity index (χ1v) is 5.48. The first kappa shape index (κ1) is 10.5. The Bertz CT molecular complexity index is 396. The highest BCUT2D eigenvalue weighted by atomic mass is 19.1. The summed E-state index contributed by atoms with van der Waals surface area (Å²) in [6, 6.07) is 3.48. The van der Waals surface area contributed by atoms with Crippen molar-refractivity contribution in [3.8, 4) is 0 Å². The van der Waals surface area contributed by atoms with Gasteiger partial charge in [-0.05, 0) is 44.7 Å². The maximum Gasteiger partial charge on any atom is 0.128 e. The molecule has 0 radical (unpaired) electrons. The van der Waals surface area contributed by atoms with E-state index >= 15 is 0 Å². The van der Waals surface area contributed by atoms with Gasteiger partial charge in [0.15, 0.2) is 0 Å². The molecule has 1 atom stereocenters. The molecular formula is C13H18FN. The summed E-state index contributed by atoms with van der Waals surface area (Å²) in [6.07, 6.45) is 1.09. The second kappa shape index (κ2) is 3.22. The molecule has 82 valence electrons. The van der Waals surface area contributed by atoms with Crippen molar-refractivity contribution < 1.29 is 4.39 Å². The van der Waals surface area contributed by atoms with Crippen LogP contribution in [0, 0.1) is 12.7 Å². The molecule has 0 saturated heterocycles. The fraction of sp³-hybridized carbons (Fsp3) is 0.538. The fourth-order valence-corrected chi connectivity index (χ4v) is 2.55. The molecule has 1 heterocycles. The molecule has 0 aliphatic carbocycles. The topological polar surface area (TPSA) is 12.0 Å². The standard InChI is InChI=1S/C13H18FN/c1-8-7-13(3,4)15-12-9(2)11(14)6-5-10(8)12/h5-6,8,15H,7H2,1-4H3. The highest BCUT2D eigenvalue weighted by Gasteiger charge is 2.30. The van der Waals surface area contributed by atoms with Crippen LogP contribution in [0.4, 0.5) is 10.1 Å². The van der Waals surface area contributed by atoms with Crippen LogP contribution in [0.5, 0.6) is 0 Å². The van der Waals surface area contributed by atoms with Crippen LogP contribution in [0.1, 0.15) is 44.2 Å². The number of anilines is 1. The van der Waals surface area contributed by atoms with E-state index in [2.05, 4.69) is 26.1 Å². The third-order valence-electron chi connectivity index (χ3n) is 3.24. The van der Waals surface area contributed by atoms with Gasteiger partial charge in [-0.25, -0.2) is 4.39 Å². The fourth-order valence-electron chi connectivity index (χ4n) is 2.55. The van der Waals surface area contributed by atoms with Crippen LogP contribution >= 0.6 is 0 Å². The first-order chi connectivity index (χ1) is 6.91. The van der Waals surface area contributed by atoms with Gasteiger partial charge in [0.1, 0.15) is 5.82 Å². The molecule has 15 heavy (non-hydrogen) atoms. The molecule has 1 aromatic rings. The lowest BCUT2D eigenvalue weighted by Crippen LogP contribution is -2.37. The van der Waals surface area contributed by atoms with E-state index in [9.17, 15) is 4.39 Å². The molecule has 1 aliphatic heterocycles. The molecule has 0 amide bonds. The van der Waals surface area contributed by atoms with Crippen molar-refractivity contribution in [3.63, 3.8) is 0 Å². The Morgan fingerprint density at radius 2 is 2.07 bits per heavy atom. The summed E-state index contributed by atoms with van der Waals surface area (Å²) in [4.78, 5) is 0. The highest BCUT2D eigenvalue weighted by Crippen LogP contribution is 2.40. The van der Waals surface area contributed by atoms with Crippen molar-refractivity contribution in [2.75, 3.05) is 5.32 Å². The van der Waals surface area contributed by atoms with E-state index in [4.69, 9.17) is 0 Å². The predicted octanol–water partition coefficient (Wildman–Crippen LogP) is 3.83. The Hall–Kier alpha value is -1.05. The van der Waals surface area contributed by atoms with Gasteiger partial charge in [-0.3, -0.25) is 0 Å². The summed E-state index contributed by atoms with van der Waals surface area (Å²) in [6.45, 7) is 8.38. The molecule has 1 unspecified atom stereocenters. The number of benzene rings is 1. The summed E-state index contributed by atoms with van der Waals surface area (Å²) in [5, 5.41) is 3.44. The van der Waals surface area contributed by atoms with Gasteiger partial charge in [0.25, 0.3) is 0 Å². The van der Waals surface area contributed by atoms with Crippen molar-refractivity contribution in [1.82, 2.24) is 0 Å². The van der Waals surface area contributed by atoms with E-state index in [1.54, 1.807) is 6.07 Å². The molecular weight excluding hydrogens is 189 g/mol. The molecule has 2 heteroatoms. The van der Waals surface area contributed by atoms with E-state index < -0.39 is 0 Å². The van der Waals surface area contributed by atoms with Crippen LogP contribution in [0.3, 0.4) is 0 Å². The zero-order valence-electron chi connectivity index (χ0n) is 9.82. The summed E-state index contributed by atoms with van der Waals surface area (Å²) in [7, 11) is 0. The van der Waals surface area contributed by atoms with Crippen LogP contribution in [0.25, 0.3) is 0 Å². The van der Waals surface area contributed by atoms with Crippen molar-refractivity contribution in [2.45, 2.75) is 45.6 Å². The van der Waals surface area contributed by atoms with Gasteiger partial charge in [0, 0.05) is 16.8 Å². The number of halogens is 1. The van der Waals surface area contributed by atoms with E-state index in [0.29, 0.717) is 5.92 Å². The van der Waals surface area contributed by atoms with Crippen molar-refractivity contribution in [2.24, 2.45) is 0 Å². The minimum absolute atomic E-state index is 0.0605.